The van der Waals surface area contributed by atoms with Crippen molar-refractivity contribution in [3.63, 3.8) is 0 Å². The van der Waals surface area contributed by atoms with Gasteiger partial charge in [-0.1, -0.05) is 32.4 Å². The number of rotatable bonds is 6. The Balaban J connectivity index is 2.97. The molecule has 0 fully saturated rings. The molecule has 0 aliphatic heterocycles. The lowest BCUT2D eigenvalue weighted by Gasteiger charge is -2.13. The van der Waals surface area contributed by atoms with Crippen molar-refractivity contribution in [2.45, 2.75) is 39.5 Å². The molecule has 1 rings (SSSR count). The summed E-state index contributed by atoms with van der Waals surface area (Å²) in [6.07, 6.45) is 3.69. The molecule has 0 amide bonds. The van der Waals surface area contributed by atoms with E-state index in [9.17, 15) is 4.57 Å². The molecule has 1 aromatic carbocycles. The van der Waals surface area contributed by atoms with Gasteiger partial charge in [0.1, 0.15) is 5.75 Å². The minimum absolute atomic E-state index is 0.295. The van der Waals surface area contributed by atoms with E-state index in [1.807, 2.05) is 19.1 Å². The van der Waals surface area contributed by atoms with Crippen LogP contribution in [0.15, 0.2) is 18.2 Å². The Morgan fingerprint density at radius 3 is 2.53 bits per heavy atom. The maximum atomic E-state index is 10.9. The number of phosphoric acid groups is 1. The average Bonchev–Trinajstić information content (AvgIpc) is 2.26. The zero-order chi connectivity index (χ0) is 12.9. The summed E-state index contributed by atoms with van der Waals surface area (Å²) in [6, 6.07) is 5.43. The molecule has 2 N–H and O–H groups in total. The van der Waals surface area contributed by atoms with Crippen LogP contribution in [0.1, 0.15) is 37.8 Å². The zero-order valence-electron chi connectivity index (χ0n) is 10.2. The van der Waals surface area contributed by atoms with Gasteiger partial charge in [-0.2, -0.15) is 0 Å². The molecule has 0 aliphatic carbocycles. The fourth-order valence-corrected chi connectivity index (χ4v) is 2.07. The lowest BCUT2D eigenvalue weighted by atomic mass is 10.0. The third kappa shape index (κ3) is 4.90. The highest BCUT2D eigenvalue weighted by atomic mass is 31.2. The number of phosphoric ester groups is 1. The van der Waals surface area contributed by atoms with Crippen molar-refractivity contribution in [3.8, 4) is 5.75 Å². The highest BCUT2D eigenvalue weighted by Crippen LogP contribution is 2.39. The molecule has 0 aliphatic rings. The SMILES string of the molecule is CCCCc1cc(CC)ccc1OP(=O)(O)O. The van der Waals surface area contributed by atoms with Crippen LogP contribution >= 0.6 is 7.82 Å². The van der Waals surface area contributed by atoms with Crippen LogP contribution < -0.4 is 4.52 Å². The Bertz CT molecular complexity index is 411. The predicted molar refractivity (Wildman–Crippen MR) is 67.1 cm³/mol. The molecule has 96 valence electrons. The fourth-order valence-electron chi connectivity index (χ4n) is 1.63. The first-order valence-electron chi connectivity index (χ1n) is 5.83. The van der Waals surface area contributed by atoms with Crippen LogP contribution in [0.4, 0.5) is 0 Å². The summed E-state index contributed by atoms with van der Waals surface area (Å²) in [5.41, 5.74) is 2.02. The molecular formula is C12H19O4P. The topological polar surface area (TPSA) is 66.8 Å². The van der Waals surface area contributed by atoms with Gasteiger partial charge in [-0.25, -0.2) is 4.57 Å². The standard InChI is InChI=1S/C12H19O4P/c1-3-5-6-11-9-10(4-2)7-8-12(11)16-17(13,14)15/h7-9H,3-6H2,1-2H3,(H2,13,14,15). The van der Waals surface area contributed by atoms with E-state index in [0.717, 1.165) is 36.8 Å². The van der Waals surface area contributed by atoms with E-state index < -0.39 is 7.82 Å². The first-order valence-corrected chi connectivity index (χ1v) is 7.36. The summed E-state index contributed by atoms with van der Waals surface area (Å²) < 4.78 is 15.5. The molecule has 0 saturated carbocycles. The summed E-state index contributed by atoms with van der Waals surface area (Å²) in [5.74, 6) is 0.295. The maximum Gasteiger partial charge on any atom is 0.524 e. The Morgan fingerprint density at radius 2 is 2.00 bits per heavy atom. The third-order valence-electron chi connectivity index (χ3n) is 2.55. The number of benzene rings is 1. The van der Waals surface area contributed by atoms with Gasteiger partial charge in [-0.05, 0) is 36.5 Å². The molecule has 1 aromatic rings. The van der Waals surface area contributed by atoms with Crippen molar-refractivity contribution in [2.24, 2.45) is 0 Å². The van der Waals surface area contributed by atoms with Crippen LogP contribution in [-0.2, 0) is 17.4 Å². The van der Waals surface area contributed by atoms with Crippen LogP contribution in [0.25, 0.3) is 0 Å². The highest BCUT2D eigenvalue weighted by molar-refractivity contribution is 7.46. The van der Waals surface area contributed by atoms with E-state index in [0.29, 0.717) is 5.75 Å². The number of unbranched alkanes of at least 4 members (excludes halogenated alkanes) is 1. The van der Waals surface area contributed by atoms with Gasteiger partial charge in [0, 0.05) is 0 Å². The Morgan fingerprint density at radius 1 is 1.29 bits per heavy atom. The highest BCUT2D eigenvalue weighted by Gasteiger charge is 2.18. The molecule has 17 heavy (non-hydrogen) atoms. The minimum atomic E-state index is -4.47. The van der Waals surface area contributed by atoms with Crippen molar-refractivity contribution in [1.29, 1.82) is 0 Å². The zero-order valence-corrected chi connectivity index (χ0v) is 11.1. The molecule has 0 radical (unpaired) electrons. The smallest absolute Gasteiger partial charge is 0.404 e. The van der Waals surface area contributed by atoms with Crippen LogP contribution in [0, 0.1) is 0 Å². The second-order valence-electron chi connectivity index (χ2n) is 3.98. The van der Waals surface area contributed by atoms with E-state index in [2.05, 4.69) is 6.92 Å². The molecule has 0 aromatic heterocycles. The Hall–Kier alpha value is -0.830. The van der Waals surface area contributed by atoms with Crippen molar-refractivity contribution >= 4 is 7.82 Å². The van der Waals surface area contributed by atoms with Crippen molar-refractivity contribution in [3.05, 3.63) is 29.3 Å². The summed E-state index contributed by atoms with van der Waals surface area (Å²) in [4.78, 5) is 17.7. The molecule has 4 nitrogen and oxygen atoms in total. The van der Waals surface area contributed by atoms with Crippen LogP contribution in [0.5, 0.6) is 5.75 Å². The monoisotopic (exact) mass is 258 g/mol. The predicted octanol–water partition coefficient (Wildman–Crippen LogP) is 3.06. The maximum absolute atomic E-state index is 10.9. The minimum Gasteiger partial charge on any atom is -0.404 e. The summed E-state index contributed by atoms with van der Waals surface area (Å²) in [5, 5.41) is 0. The van der Waals surface area contributed by atoms with E-state index >= 15 is 0 Å². The third-order valence-corrected chi connectivity index (χ3v) is 2.98. The Labute approximate surface area is 102 Å². The molecule has 0 spiro atoms. The number of hydrogen-bond donors (Lipinski definition) is 2. The largest absolute Gasteiger partial charge is 0.524 e. The summed E-state index contributed by atoms with van der Waals surface area (Å²) in [7, 11) is -4.47. The average molecular weight is 258 g/mol. The molecule has 5 heteroatoms. The second-order valence-corrected chi connectivity index (χ2v) is 5.14. The number of hydrogen-bond acceptors (Lipinski definition) is 2. The van der Waals surface area contributed by atoms with E-state index in [4.69, 9.17) is 14.3 Å². The van der Waals surface area contributed by atoms with Crippen LogP contribution in [0.2, 0.25) is 0 Å². The van der Waals surface area contributed by atoms with Crippen LogP contribution in [0.3, 0.4) is 0 Å². The fraction of sp³-hybridized carbons (Fsp3) is 0.500. The van der Waals surface area contributed by atoms with Gasteiger partial charge >= 0.3 is 7.82 Å². The van der Waals surface area contributed by atoms with Gasteiger partial charge in [-0.15, -0.1) is 0 Å². The first kappa shape index (κ1) is 14.2. The van der Waals surface area contributed by atoms with Crippen molar-refractivity contribution < 1.29 is 18.9 Å². The van der Waals surface area contributed by atoms with E-state index in [1.54, 1.807) is 6.07 Å². The first-order chi connectivity index (χ1) is 7.96. The van der Waals surface area contributed by atoms with Crippen molar-refractivity contribution in [1.82, 2.24) is 0 Å². The molecule has 0 heterocycles. The van der Waals surface area contributed by atoms with Gasteiger partial charge in [0.05, 0.1) is 0 Å². The quantitative estimate of drug-likeness (QED) is 0.769. The van der Waals surface area contributed by atoms with Gasteiger partial charge < -0.3 is 4.52 Å². The molecule has 0 saturated heterocycles. The van der Waals surface area contributed by atoms with Gasteiger partial charge in [-0.3, -0.25) is 9.79 Å². The normalized spacial score (nSPS) is 11.5. The lowest BCUT2D eigenvalue weighted by Crippen LogP contribution is -1.97. The van der Waals surface area contributed by atoms with Crippen molar-refractivity contribution in [2.75, 3.05) is 0 Å². The van der Waals surface area contributed by atoms with E-state index in [-0.39, 0.29) is 0 Å². The van der Waals surface area contributed by atoms with Gasteiger partial charge in [0.15, 0.2) is 0 Å². The molecule has 0 unspecified atom stereocenters. The molecule has 0 bridgehead atoms. The second kappa shape index (κ2) is 6.20. The van der Waals surface area contributed by atoms with Gasteiger partial charge in [0.25, 0.3) is 0 Å². The summed E-state index contributed by atoms with van der Waals surface area (Å²) in [6.45, 7) is 4.12. The van der Waals surface area contributed by atoms with E-state index in [1.165, 1.54) is 0 Å². The van der Waals surface area contributed by atoms with Gasteiger partial charge in [0.2, 0.25) is 0 Å². The number of aryl methyl sites for hydroxylation is 2. The molecular weight excluding hydrogens is 239 g/mol. The Kier molecular flexibility index (Phi) is 5.19. The van der Waals surface area contributed by atoms with Crippen LogP contribution in [-0.4, -0.2) is 9.79 Å². The molecule has 0 atom stereocenters. The summed E-state index contributed by atoms with van der Waals surface area (Å²) >= 11 is 0. The lowest BCUT2D eigenvalue weighted by molar-refractivity contribution is 0.282.